The Kier molecular flexibility index (Phi) is 6.54. The molecule has 1 unspecified atom stereocenters. The van der Waals surface area contributed by atoms with Gasteiger partial charge in [-0.1, -0.05) is 18.2 Å². The van der Waals surface area contributed by atoms with Crippen LogP contribution in [0.5, 0.6) is 0 Å². The fourth-order valence-electron chi connectivity index (χ4n) is 3.02. The van der Waals surface area contributed by atoms with Gasteiger partial charge in [-0.2, -0.15) is 13.2 Å². The molecule has 9 heteroatoms. The van der Waals surface area contributed by atoms with Crippen LogP contribution < -0.4 is 5.32 Å². The topological polar surface area (TPSA) is 56.2 Å². The molecule has 166 valence electrons. The molecular formula is C21H27F4N3O2. The van der Waals surface area contributed by atoms with E-state index in [4.69, 9.17) is 4.74 Å². The predicted octanol–water partition coefficient (Wildman–Crippen LogP) is 5.50. The monoisotopic (exact) mass is 429 g/mol. The Morgan fingerprint density at radius 3 is 2.30 bits per heavy atom. The summed E-state index contributed by atoms with van der Waals surface area (Å²) in [4.78, 5) is 15.9. The second-order valence-corrected chi connectivity index (χ2v) is 8.83. The zero-order valence-corrected chi connectivity index (χ0v) is 17.9. The van der Waals surface area contributed by atoms with E-state index in [9.17, 15) is 22.4 Å². The van der Waals surface area contributed by atoms with Crippen LogP contribution in [0, 0.1) is 5.82 Å². The van der Waals surface area contributed by atoms with Gasteiger partial charge in [0.05, 0.1) is 6.04 Å². The molecule has 1 atom stereocenters. The summed E-state index contributed by atoms with van der Waals surface area (Å²) in [6, 6.07) is 5.16. The van der Waals surface area contributed by atoms with Crippen molar-refractivity contribution in [3.05, 3.63) is 53.4 Å². The van der Waals surface area contributed by atoms with Gasteiger partial charge in [0, 0.05) is 23.7 Å². The highest BCUT2D eigenvalue weighted by atomic mass is 19.4. The number of amides is 1. The molecule has 2 aromatic rings. The van der Waals surface area contributed by atoms with Gasteiger partial charge in [-0.25, -0.2) is 14.2 Å². The minimum absolute atomic E-state index is 0.0267. The molecular weight excluding hydrogens is 402 g/mol. The number of aromatic nitrogens is 2. The first-order chi connectivity index (χ1) is 13.6. The van der Waals surface area contributed by atoms with Crippen LogP contribution in [-0.4, -0.2) is 26.8 Å². The quantitative estimate of drug-likeness (QED) is 0.639. The lowest BCUT2D eigenvalue weighted by Gasteiger charge is -2.29. The van der Waals surface area contributed by atoms with Crippen molar-refractivity contribution in [1.29, 1.82) is 0 Å². The summed E-state index contributed by atoms with van der Waals surface area (Å²) in [5, 5.41) is 2.66. The van der Waals surface area contributed by atoms with Crippen LogP contribution in [0.25, 0.3) is 0 Å². The van der Waals surface area contributed by atoms with Crippen molar-refractivity contribution < 1.29 is 27.1 Å². The van der Waals surface area contributed by atoms with E-state index in [1.807, 2.05) is 0 Å². The Bertz CT molecular complexity index is 898. The lowest BCUT2D eigenvalue weighted by Crippen LogP contribution is -2.47. The van der Waals surface area contributed by atoms with Crippen LogP contribution in [0.3, 0.4) is 0 Å². The van der Waals surface area contributed by atoms with Gasteiger partial charge in [0.1, 0.15) is 17.2 Å². The van der Waals surface area contributed by atoms with Crippen molar-refractivity contribution in [2.24, 2.45) is 0 Å². The molecule has 0 aliphatic rings. The van der Waals surface area contributed by atoms with E-state index in [0.717, 1.165) is 6.20 Å². The number of halogens is 4. The van der Waals surface area contributed by atoms with Crippen LogP contribution in [0.4, 0.5) is 22.4 Å². The van der Waals surface area contributed by atoms with Gasteiger partial charge in [-0.05, 0) is 47.6 Å². The molecule has 0 saturated carbocycles. The van der Waals surface area contributed by atoms with Gasteiger partial charge < -0.3 is 14.6 Å². The standard InChI is InChI=1S/C21H27F4N3O2/c1-13(14-9-7-8-10-15(14)22)28-12-16(21(23,24)25)26-17(28)11-20(5,6)27-18(29)30-19(2,3)4/h7-10,12-13H,11H2,1-6H3,(H,27,29). The SMILES string of the molecule is CC(c1ccccc1F)n1cc(C(F)(F)F)nc1CC(C)(C)NC(=O)OC(C)(C)C. The molecule has 0 bridgehead atoms. The number of nitrogens with zero attached hydrogens (tertiary/aromatic N) is 2. The third-order valence-corrected chi connectivity index (χ3v) is 4.31. The number of hydrogen-bond donors (Lipinski definition) is 1. The molecule has 2 rings (SSSR count). The van der Waals surface area contributed by atoms with Crippen molar-refractivity contribution in [2.45, 2.75) is 71.3 Å². The maximum Gasteiger partial charge on any atom is 0.434 e. The Labute approximate surface area is 173 Å². The second-order valence-electron chi connectivity index (χ2n) is 8.83. The fourth-order valence-corrected chi connectivity index (χ4v) is 3.02. The molecule has 1 aromatic carbocycles. The number of rotatable bonds is 5. The smallest absolute Gasteiger partial charge is 0.434 e. The molecule has 0 spiro atoms. The average molecular weight is 429 g/mol. The lowest BCUT2D eigenvalue weighted by molar-refractivity contribution is -0.141. The van der Waals surface area contributed by atoms with E-state index in [-0.39, 0.29) is 17.8 Å². The number of alkyl halides is 3. The van der Waals surface area contributed by atoms with Crippen LogP contribution in [0.15, 0.2) is 30.5 Å². The van der Waals surface area contributed by atoms with E-state index < -0.39 is 41.0 Å². The summed E-state index contributed by atoms with van der Waals surface area (Å²) in [5.41, 5.74) is -2.53. The first-order valence-electron chi connectivity index (χ1n) is 9.49. The Hall–Kier alpha value is -2.58. The molecule has 1 N–H and O–H groups in total. The van der Waals surface area contributed by atoms with Crippen LogP contribution in [-0.2, 0) is 17.3 Å². The summed E-state index contributed by atoms with van der Waals surface area (Å²) in [6.07, 6.45) is -4.50. The van der Waals surface area contributed by atoms with Crippen LogP contribution in [0.2, 0.25) is 0 Å². The maximum absolute atomic E-state index is 14.2. The number of ether oxygens (including phenoxy) is 1. The Morgan fingerprint density at radius 2 is 1.77 bits per heavy atom. The Morgan fingerprint density at radius 1 is 1.17 bits per heavy atom. The molecule has 0 saturated heterocycles. The first-order valence-corrected chi connectivity index (χ1v) is 9.49. The molecule has 1 aromatic heterocycles. The van der Waals surface area contributed by atoms with Crippen molar-refractivity contribution in [3.8, 4) is 0 Å². The molecule has 1 heterocycles. The number of carbonyl (C=O) groups excluding carboxylic acids is 1. The summed E-state index contributed by atoms with van der Waals surface area (Å²) < 4.78 is 60.7. The highest BCUT2D eigenvalue weighted by molar-refractivity contribution is 5.68. The van der Waals surface area contributed by atoms with E-state index in [1.165, 1.54) is 22.8 Å². The highest BCUT2D eigenvalue weighted by Crippen LogP contribution is 2.32. The minimum atomic E-state index is -4.66. The number of imidazole rings is 1. The van der Waals surface area contributed by atoms with Gasteiger partial charge in [0.15, 0.2) is 5.69 Å². The fraction of sp³-hybridized carbons (Fsp3) is 0.524. The van der Waals surface area contributed by atoms with Gasteiger partial charge in [0.2, 0.25) is 0 Å². The van der Waals surface area contributed by atoms with E-state index in [0.29, 0.717) is 0 Å². The predicted molar refractivity (Wildman–Crippen MR) is 105 cm³/mol. The largest absolute Gasteiger partial charge is 0.444 e. The van der Waals surface area contributed by atoms with Gasteiger partial charge in [0.25, 0.3) is 0 Å². The van der Waals surface area contributed by atoms with Crippen molar-refractivity contribution in [2.75, 3.05) is 0 Å². The number of carbonyl (C=O) groups is 1. The Balaban J connectivity index is 2.37. The molecule has 1 amide bonds. The molecule has 30 heavy (non-hydrogen) atoms. The number of alkyl carbamates (subject to hydrolysis) is 1. The van der Waals surface area contributed by atoms with Crippen molar-refractivity contribution in [1.82, 2.24) is 14.9 Å². The van der Waals surface area contributed by atoms with Crippen molar-refractivity contribution in [3.63, 3.8) is 0 Å². The molecule has 5 nitrogen and oxygen atoms in total. The van der Waals surface area contributed by atoms with Crippen molar-refractivity contribution >= 4 is 6.09 Å². The highest BCUT2D eigenvalue weighted by Gasteiger charge is 2.37. The average Bonchev–Trinajstić information content (AvgIpc) is 2.95. The molecule has 0 aliphatic carbocycles. The van der Waals surface area contributed by atoms with Gasteiger partial charge >= 0.3 is 12.3 Å². The van der Waals surface area contributed by atoms with E-state index in [2.05, 4.69) is 10.3 Å². The molecule has 0 aliphatic heterocycles. The molecule has 0 fully saturated rings. The van der Waals surface area contributed by atoms with Gasteiger partial charge in [-0.15, -0.1) is 0 Å². The van der Waals surface area contributed by atoms with Crippen LogP contribution in [0.1, 0.15) is 64.7 Å². The zero-order chi connectivity index (χ0) is 22.9. The maximum atomic E-state index is 14.2. The third kappa shape index (κ3) is 6.21. The van der Waals surface area contributed by atoms with E-state index in [1.54, 1.807) is 47.6 Å². The normalized spacial score (nSPS) is 13.8. The van der Waals surface area contributed by atoms with E-state index >= 15 is 0 Å². The minimum Gasteiger partial charge on any atom is -0.444 e. The van der Waals surface area contributed by atoms with Crippen LogP contribution >= 0.6 is 0 Å². The number of hydrogen-bond acceptors (Lipinski definition) is 3. The third-order valence-electron chi connectivity index (χ3n) is 4.31. The number of nitrogens with one attached hydrogen (secondary N) is 1. The summed E-state index contributed by atoms with van der Waals surface area (Å²) in [7, 11) is 0. The number of benzene rings is 1. The second kappa shape index (κ2) is 8.28. The summed E-state index contributed by atoms with van der Waals surface area (Å²) >= 11 is 0. The molecule has 0 radical (unpaired) electrons. The summed E-state index contributed by atoms with van der Waals surface area (Å²) in [5.74, 6) is -0.455. The first kappa shape index (κ1) is 23.7. The zero-order valence-electron chi connectivity index (χ0n) is 17.9. The lowest BCUT2D eigenvalue weighted by atomic mass is 9.99. The summed E-state index contributed by atoms with van der Waals surface area (Å²) in [6.45, 7) is 10.0. The van der Waals surface area contributed by atoms with Gasteiger partial charge in [-0.3, -0.25) is 0 Å².